The lowest BCUT2D eigenvalue weighted by Crippen LogP contribution is -2.37. The summed E-state index contributed by atoms with van der Waals surface area (Å²) < 4.78 is 24.0. The SMILES string of the molecule is O=C(O)CCC(=O)N=C1S[C@H]2CS(=O)(=O)C[C@H]2N1Cc1ccccc1Cl. The second-order valence-corrected chi connectivity index (χ2v) is 9.97. The third-order valence-corrected chi connectivity index (χ3v) is 7.86. The van der Waals surface area contributed by atoms with Crippen LogP contribution in [0.4, 0.5) is 0 Å². The Balaban J connectivity index is 1.85. The van der Waals surface area contributed by atoms with Crippen molar-refractivity contribution in [2.75, 3.05) is 11.5 Å². The number of fused-ring (bicyclic) bond motifs is 1. The Labute approximate surface area is 160 Å². The number of carboxylic acid groups (broad SMARTS) is 1. The van der Waals surface area contributed by atoms with E-state index >= 15 is 0 Å². The van der Waals surface area contributed by atoms with Gasteiger partial charge in [0.05, 0.1) is 24.0 Å². The average molecular weight is 417 g/mol. The smallest absolute Gasteiger partial charge is 0.303 e. The van der Waals surface area contributed by atoms with E-state index in [4.69, 9.17) is 16.7 Å². The van der Waals surface area contributed by atoms with Crippen molar-refractivity contribution in [3.05, 3.63) is 34.9 Å². The summed E-state index contributed by atoms with van der Waals surface area (Å²) in [6.45, 7) is 0.342. The first-order chi connectivity index (χ1) is 12.2. The minimum atomic E-state index is -3.13. The molecule has 2 heterocycles. The Morgan fingerprint density at radius 3 is 2.69 bits per heavy atom. The maximum atomic E-state index is 12.0. The number of hydrogen-bond donors (Lipinski definition) is 1. The first-order valence-electron chi connectivity index (χ1n) is 7.95. The fourth-order valence-corrected chi connectivity index (χ4v) is 7.17. The van der Waals surface area contributed by atoms with Crippen LogP contribution in [0.3, 0.4) is 0 Å². The predicted molar refractivity (Wildman–Crippen MR) is 100 cm³/mol. The van der Waals surface area contributed by atoms with Gasteiger partial charge in [0.15, 0.2) is 15.0 Å². The summed E-state index contributed by atoms with van der Waals surface area (Å²) in [4.78, 5) is 28.5. The first-order valence-corrected chi connectivity index (χ1v) is 11.0. The molecule has 10 heteroatoms. The highest BCUT2D eigenvalue weighted by atomic mass is 35.5. The van der Waals surface area contributed by atoms with Crippen LogP contribution in [0.1, 0.15) is 18.4 Å². The van der Waals surface area contributed by atoms with Crippen LogP contribution in [-0.4, -0.2) is 58.3 Å². The van der Waals surface area contributed by atoms with E-state index in [-0.39, 0.29) is 35.6 Å². The second-order valence-electron chi connectivity index (χ2n) is 6.20. The number of amidine groups is 1. The number of carbonyl (C=O) groups excluding carboxylic acids is 1. The molecule has 0 aliphatic carbocycles. The molecule has 1 aromatic carbocycles. The standard InChI is InChI=1S/C16H17ClN2O5S2/c17-11-4-2-1-3-10(11)7-19-12-8-26(23,24)9-13(12)25-16(19)18-14(20)5-6-15(21)22/h1-4,12-13H,5-9H2,(H,21,22)/t12-,13+/m1/s1. The molecule has 1 aromatic rings. The van der Waals surface area contributed by atoms with Gasteiger partial charge in [0.2, 0.25) is 5.91 Å². The predicted octanol–water partition coefficient (Wildman–Crippen LogP) is 1.80. The van der Waals surface area contributed by atoms with Crippen molar-refractivity contribution < 1.29 is 23.1 Å². The fraction of sp³-hybridized carbons (Fsp3) is 0.438. The molecular weight excluding hydrogens is 400 g/mol. The molecule has 2 aliphatic rings. The van der Waals surface area contributed by atoms with E-state index in [1.54, 1.807) is 17.0 Å². The number of amides is 1. The molecule has 0 aromatic heterocycles. The number of aliphatic imine (C=N–C) groups is 1. The van der Waals surface area contributed by atoms with Gasteiger partial charge in [-0.15, -0.1) is 0 Å². The number of carbonyl (C=O) groups is 2. The topological polar surface area (TPSA) is 104 Å². The molecule has 26 heavy (non-hydrogen) atoms. The molecular formula is C16H17ClN2O5S2. The van der Waals surface area contributed by atoms with Crippen molar-refractivity contribution in [1.29, 1.82) is 0 Å². The normalized spacial score (nSPS) is 25.4. The van der Waals surface area contributed by atoms with Gasteiger partial charge in [0.25, 0.3) is 0 Å². The zero-order valence-electron chi connectivity index (χ0n) is 13.7. The van der Waals surface area contributed by atoms with Gasteiger partial charge >= 0.3 is 5.97 Å². The van der Waals surface area contributed by atoms with Crippen LogP contribution in [0, 0.1) is 0 Å². The molecule has 1 amide bonds. The number of benzene rings is 1. The largest absolute Gasteiger partial charge is 0.481 e. The number of sulfone groups is 1. The van der Waals surface area contributed by atoms with E-state index in [0.29, 0.717) is 16.7 Å². The molecule has 0 spiro atoms. The molecule has 2 fully saturated rings. The van der Waals surface area contributed by atoms with E-state index in [2.05, 4.69) is 4.99 Å². The molecule has 2 saturated heterocycles. The van der Waals surface area contributed by atoms with Crippen molar-refractivity contribution in [3.8, 4) is 0 Å². The number of aliphatic carboxylic acids is 1. The number of carboxylic acids is 1. The molecule has 3 rings (SSSR count). The third kappa shape index (κ3) is 4.39. The van der Waals surface area contributed by atoms with Gasteiger partial charge in [-0.3, -0.25) is 9.59 Å². The quantitative estimate of drug-likeness (QED) is 0.780. The minimum Gasteiger partial charge on any atom is -0.481 e. The van der Waals surface area contributed by atoms with E-state index in [9.17, 15) is 18.0 Å². The molecule has 1 N–H and O–H groups in total. The van der Waals surface area contributed by atoms with Gasteiger partial charge in [0.1, 0.15) is 0 Å². The number of nitrogens with zero attached hydrogens (tertiary/aromatic N) is 2. The summed E-state index contributed by atoms with van der Waals surface area (Å²) in [5, 5.41) is 9.49. The van der Waals surface area contributed by atoms with E-state index in [1.165, 1.54) is 11.8 Å². The molecule has 0 bridgehead atoms. The summed E-state index contributed by atoms with van der Waals surface area (Å²) in [7, 11) is -3.13. The maximum Gasteiger partial charge on any atom is 0.303 e. The molecule has 0 radical (unpaired) electrons. The minimum absolute atomic E-state index is 0.0114. The first kappa shape index (κ1) is 19.2. The van der Waals surface area contributed by atoms with Gasteiger partial charge in [-0.05, 0) is 11.6 Å². The number of halogens is 1. The van der Waals surface area contributed by atoms with Crippen molar-refractivity contribution in [2.45, 2.75) is 30.7 Å². The monoisotopic (exact) mass is 416 g/mol. The lowest BCUT2D eigenvalue weighted by atomic mass is 10.1. The molecule has 0 saturated carbocycles. The van der Waals surface area contributed by atoms with Crippen LogP contribution in [0.25, 0.3) is 0 Å². The van der Waals surface area contributed by atoms with Crippen molar-refractivity contribution in [2.24, 2.45) is 4.99 Å². The number of thioether (sulfide) groups is 1. The molecule has 2 aliphatic heterocycles. The van der Waals surface area contributed by atoms with Crippen LogP contribution in [0.5, 0.6) is 0 Å². The van der Waals surface area contributed by atoms with E-state index in [1.807, 2.05) is 12.1 Å². The lowest BCUT2D eigenvalue weighted by Gasteiger charge is -2.24. The zero-order valence-corrected chi connectivity index (χ0v) is 16.1. The van der Waals surface area contributed by atoms with Crippen LogP contribution in [0.2, 0.25) is 5.02 Å². The Hall–Kier alpha value is -1.58. The van der Waals surface area contributed by atoms with Crippen molar-refractivity contribution in [3.63, 3.8) is 0 Å². The van der Waals surface area contributed by atoms with Crippen LogP contribution in [0.15, 0.2) is 29.3 Å². The number of hydrogen-bond acceptors (Lipinski definition) is 5. The summed E-state index contributed by atoms with van der Waals surface area (Å²) in [5.74, 6) is -1.53. The highest BCUT2D eigenvalue weighted by Gasteiger charge is 2.48. The number of rotatable bonds is 5. The summed E-state index contributed by atoms with van der Waals surface area (Å²) in [6.07, 6.45) is -0.473. The molecule has 2 atom stereocenters. The summed E-state index contributed by atoms with van der Waals surface area (Å²) >= 11 is 7.48. The van der Waals surface area contributed by atoms with Gasteiger partial charge in [-0.2, -0.15) is 4.99 Å². The molecule has 7 nitrogen and oxygen atoms in total. The summed E-state index contributed by atoms with van der Waals surface area (Å²) in [5.41, 5.74) is 0.811. The fourth-order valence-electron chi connectivity index (χ4n) is 3.01. The lowest BCUT2D eigenvalue weighted by molar-refractivity contribution is -0.138. The van der Waals surface area contributed by atoms with Gasteiger partial charge in [0, 0.05) is 23.2 Å². The second kappa shape index (κ2) is 7.58. The van der Waals surface area contributed by atoms with Gasteiger partial charge < -0.3 is 10.0 Å². The Bertz CT molecular complexity index is 871. The Morgan fingerprint density at radius 2 is 2.00 bits per heavy atom. The van der Waals surface area contributed by atoms with Crippen LogP contribution >= 0.6 is 23.4 Å². The third-order valence-electron chi connectivity index (χ3n) is 4.25. The Kier molecular flexibility index (Phi) is 5.59. The highest BCUT2D eigenvalue weighted by molar-refractivity contribution is 8.15. The van der Waals surface area contributed by atoms with E-state index < -0.39 is 21.7 Å². The van der Waals surface area contributed by atoms with Gasteiger partial charge in [-0.25, -0.2) is 8.42 Å². The van der Waals surface area contributed by atoms with E-state index in [0.717, 1.165) is 5.56 Å². The highest BCUT2D eigenvalue weighted by Crippen LogP contribution is 2.39. The zero-order chi connectivity index (χ0) is 18.9. The van der Waals surface area contributed by atoms with Crippen molar-refractivity contribution in [1.82, 2.24) is 4.90 Å². The van der Waals surface area contributed by atoms with Crippen LogP contribution < -0.4 is 0 Å². The van der Waals surface area contributed by atoms with Crippen LogP contribution in [-0.2, 0) is 26.0 Å². The van der Waals surface area contributed by atoms with Crippen molar-refractivity contribution >= 4 is 50.2 Å². The van der Waals surface area contributed by atoms with Gasteiger partial charge in [-0.1, -0.05) is 41.6 Å². The Morgan fingerprint density at radius 1 is 1.27 bits per heavy atom. The maximum absolute atomic E-state index is 12.0. The average Bonchev–Trinajstić information content (AvgIpc) is 3.00. The summed E-state index contributed by atoms with van der Waals surface area (Å²) in [6, 6.07) is 6.96. The molecule has 0 unspecified atom stereocenters. The molecule has 140 valence electrons.